The first-order valence-corrected chi connectivity index (χ1v) is 6.13. The topological polar surface area (TPSA) is 75.7 Å². The Bertz CT molecular complexity index is 340. The Morgan fingerprint density at radius 1 is 1.05 bits per heavy atom. The van der Waals surface area contributed by atoms with E-state index in [1.165, 1.54) is 0 Å². The number of benzene rings is 1. The highest BCUT2D eigenvalue weighted by Gasteiger charge is 2.20. The zero-order chi connectivity index (χ0) is 13.4. The molecule has 0 aromatic heterocycles. The molecule has 5 nitrogen and oxygen atoms in total. The van der Waals surface area contributed by atoms with Crippen LogP contribution in [-0.4, -0.2) is 61.2 Å². The van der Waals surface area contributed by atoms with Gasteiger partial charge in [-0.15, -0.1) is 0 Å². The summed E-state index contributed by atoms with van der Waals surface area (Å²) in [6.45, 7) is 2.74. The lowest BCUT2D eigenvalue weighted by Crippen LogP contribution is -3.00. The largest absolute Gasteiger partial charge is 1.00 e. The third-order valence-electron chi connectivity index (χ3n) is 3.06. The molecular formula is C13H23BrN2O3. The number of hydrogen-bond donors (Lipinski definition) is 3. The number of aliphatic hydroxyl groups is 2. The first-order valence-electron chi connectivity index (χ1n) is 6.13. The SMILES string of the molecule is C[N+](CCO)(CCO)CCOc1ccc(N)cc1.[Br-]. The molecular weight excluding hydrogens is 312 g/mol. The number of quaternary nitrogens is 1. The zero-order valence-electron chi connectivity index (χ0n) is 11.3. The number of nitrogens with two attached hydrogens (primary N) is 1. The quantitative estimate of drug-likeness (QED) is 0.352. The summed E-state index contributed by atoms with van der Waals surface area (Å²) in [5, 5.41) is 18.0. The van der Waals surface area contributed by atoms with E-state index in [-0.39, 0.29) is 30.2 Å². The first-order chi connectivity index (χ1) is 8.59. The molecule has 0 aliphatic carbocycles. The van der Waals surface area contributed by atoms with Gasteiger partial charge in [0.05, 0.1) is 20.3 Å². The monoisotopic (exact) mass is 334 g/mol. The fourth-order valence-corrected chi connectivity index (χ4v) is 1.77. The van der Waals surface area contributed by atoms with Crippen LogP contribution in [0.1, 0.15) is 0 Å². The maximum atomic E-state index is 9.02. The van der Waals surface area contributed by atoms with E-state index in [1.807, 2.05) is 19.2 Å². The van der Waals surface area contributed by atoms with E-state index in [1.54, 1.807) is 12.1 Å². The Morgan fingerprint density at radius 3 is 2.05 bits per heavy atom. The van der Waals surface area contributed by atoms with E-state index in [9.17, 15) is 0 Å². The van der Waals surface area contributed by atoms with Crippen molar-refractivity contribution in [2.45, 2.75) is 0 Å². The molecule has 0 saturated carbocycles. The number of nitrogens with zero attached hydrogens (tertiary/aromatic N) is 1. The molecule has 0 atom stereocenters. The predicted octanol–water partition coefficient (Wildman–Crippen LogP) is -2.92. The van der Waals surface area contributed by atoms with Crippen LogP contribution in [0.5, 0.6) is 5.75 Å². The average molecular weight is 335 g/mol. The van der Waals surface area contributed by atoms with Gasteiger partial charge < -0.3 is 42.1 Å². The van der Waals surface area contributed by atoms with Gasteiger partial charge in [0.15, 0.2) is 0 Å². The van der Waals surface area contributed by atoms with Crippen LogP contribution in [0.4, 0.5) is 5.69 Å². The molecule has 1 aromatic carbocycles. The van der Waals surface area contributed by atoms with Crippen molar-refractivity contribution in [2.75, 3.05) is 52.2 Å². The van der Waals surface area contributed by atoms with Gasteiger partial charge in [0.25, 0.3) is 0 Å². The van der Waals surface area contributed by atoms with E-state index >= 15 is 0 Å². The molecule has 0 fully saturated rings. The number of rotatable bonds is 8. The third-order valence-corrected chi connectivity index (χ3v) is 3.06. The van der Waals surface area contributed by atoms with E-state index in [2.05, 4.69) is 0 Å². The molecule has 0 amide bonds. The van der Waals surface area contributed by atoms with Crippen molar-refractivity contribution in [2.24, 2.45) is 0 Å². The fraction of sp³-hybridized carbons (Fsp3) is 0.538. The van der Waals surface area contributed by atoms with Crippen LogP contribution in [0, 0.1) is 0 Å². The zero-order valence-corrected chi connectivity index (χ0v) is 12.8. The summed E-state index contributed by atoms with van der Waals surface area (Å²) in [4.78, 5) is 0. The lowest BCUT2D eigenvalue weighted by Gasteiger charge is -2.33. The number of likely N-dealkylation sites (N-methyl/N-ethyl adjacent to an activating group) is 1. The molecule has 0 saturated heterocycles. The molecule has 1 rings (SSSR count). The minimum atomic E-state index is 0. The number of nitrogen functional groups attached to an aromatic ring is 1. The molecule has 4 N–H and O–H groups in total. The maximum Gasteiger partial charge on any atom is 0.137 e. The second kappa shape index (κ2) is 9.14. The summed E-state index contributed by atoms with van der Waals surface area (Å²) in [7, 11) is 2.00. The van der Waals surface area contributed by atoms with E-state index in [0.717, 1.165) is 12.3 Å². The Hall–Kier alpha value is -0.820. The van der Waals surface area contributed by atoms with Crippen LogP contribution >= 0.6 is 0 Å². The fourth-order valence-electron chi connectivity index (χ4n) is 1.77. The van der Waals surface area contributed by atoms with Crippen molar-refractivity contribution in [3.05, 3.63) is 24.3 Å². The molecule has 19 heavy (non-hydrogen) atoms. The van der Waals surface area contributed by atoms with Crippen LogP contribution in [0.2, 0.25) is 0 Å². The molecule has 1 aromatic rings. The van der Waals surface area contributed by atoms with E-state index in [0.29, 0.717) is 29.9 Å². The van der Waals surface area contributed by atoms with Gasteiger partial charge >= 0.3 is 0 Å². The summed E-state index contributed by atoms with van der Waals surface area (Å²) >= 11 is 0. The minimum absolute atomic E-state index is 0. The highest BCUT2D eigenvalue weighted by Crippen LogP contribution is 2.13. The molecule has 0 bridgehead atoms. The van der Waals surface area contributed by atoms with Gasteiger partial charge in [0, 0.05) is 5.69 Å². The molecule has 0 aliphatic rings. The minimum Gasteiger partial charge on any atom is -1.00 e. The Labute approximate surface area is 125 Å². The lowest BCUT2D eigenvalue weighted by molar-refractivity contribution is -0.910. The molecule has 0 spiro atoms. The van der Waals surface area contributed by atoms with Crippen molar-refractivity contribution in [3.63, 3.8) is 0 Å². The van der Waals surface area contributed by atoms with Crippen LogP contribution in [0.25, 0.3) is 0 Å². The summed E-state index contributed by atoms with van der Waals surface area (Å²) in [6, 6.07) is 7.26. The van der Waals surface area contributed by atoms with Crippen LogP contribution in [0.3, 0.4) is 0 Å². The van der Waals surface area contributed by atoms with Crippen LogP contribution in [-0.2, 0) is 0 Å². The molecule has 0 radical (unpaired) electrons. The predicted molar refractivity (Wildman–Crippen MR) is 71.3 cm³/mol. The van der Waals surface area contributed by atoms with Gasteiger partial charge in [-0.2, -0.15) is 0 Å². The van der Waals surface area contributed by atoms with E-state index in [4.69, 9.17) is 20.7 Å². The highest BCUT2D eigenvalue weighted by atomic mass is 79.9. The van der Waals surface area contributed by atoms with Crippen LogP contribution in [0.15, 0.2) is 24.3 Å². The lowest BCUT2D eigenvalue weighted by atomic mass is 10.3. The molecule has 0 aliphatic heterocycles. The van der Waals surface area contributed by atoms with Crippen molar-refractivity contribution >= 4 is 5.69 Å². The van der Waals surface area contributed by atoms with Gasteiger partial charge in [0.1, 0.15) is 32.0 Å². The normalized spacial score (nSPS) is 10.9. The number of halogens is 1. The summed E-state index contributed by atoms with van der Waals surface area (Å²) in [5.41, 5.74) is 6.30. The molecule has 0 unspecified atom stereocenters. The second-order valence-electron chi connectivity index (χ2n) is 4.66. The molecule has 6 heteroatoms. The van der Waals surface area contributed by atoms with E-state index < -0.39 is 0 Å². The molecule has 0 heterocycles. The highest BCUT2D eigenvalue weighted by molar-refractivity contribution is 5.41. The average Bonchev–Trinajstić information content (AvgIpc) is 2.32. The van der Waals surface area contributed by atoms with Gasteiger partial charge in [-0.05, 0) is 24.3 Å². The van der Waals surface area contributed by atoms with Gasteiger partial charge in [0.2, 0.25) is 0 Å². The smallest absolute Gasteiger partial charge is 0.137 e. The summed E-state index contributed by atoms with van der Waals surface area (Å²) in [6.07, 6.45) is 0. The van der Waals surface area contributed by atoms with Crippen LogP contribution < -0.4 is 27.5 Å². The van der Waals surface area contributed by atoms with Gasteiger partial charge in [-0.3, -0.25) is 0 Å². The molecule has 110 valence electrons. The van der Waals surface area contributed by atoms with Crippen molar-refractivity contribution in [1.29, 1.82) is 0 Å². The third kappa shape index (κ3) is 6.77. The Morgan fingerprint density at radius 2 is 1.58 bits per heavy atom. The number of anilines is 1. The first kappa shape index (κ1) is 18.2. The second-order valence-corrected chi connectivity index (χ2v) is 4.66. The van der Waals surface area contributed by atoms with Crippen molar-refractivity contribution in [3.8, 4) is 5.75 Å². The Balaban J connectivity index is 0.00000324. The number of ether oxygens (including phenoxy) is 1. The number of hydrogen-bond acceptors (Lipinski definition) is 4. The Kier molecular flexibility index (Phi) is 8.75. The maximum absolute atomic E-state index is 9.02. The summed E-state index contributed by atoms with van der Waals surface area (Å²) < 4.78 is 6.21. The summed E-state index contributed by atoms with van der Waals surface area (Å²) in [5.74, 6) is 0.781. The number of aliphatic hydroxyl groups excluding tert-OH is 2. The van der Waals surface area contributed by atoms with Gasteiger partial charge in [-0.25, -0.2) is 0 Å². The van der Waals surface area contributed by atoms with Gasteiger partial charge in [-0.1, -0.05) is 0 Å². The van der Waals surface area contributed by atoms with Crippen molar-refractivity contribution in [1.82, 2.24) is 0 Å². The van der Waals surface area contributed by atoms with Crippen molar-refractivity contribution < 1.29 is 36.4 Å². The standard InChI is InChI=1S/C13H23N2O3.BrH/c1-15(6-9-16,7-10-17)8-11-18-13-4-2-12(14)3-5-13;/h2-5,16-17H,6-11,14H2,1H3;1H/q+1;/p-1.